The maximum atomic E-state index is 13.4. The molecule has 5 nitrogen and oxygen atoms in total. The molecule has 0 aliphatic rings. The van der Waals surface area contributed by atoms with Crippen molar-refractivity contribution in [3.8, 4) is 6.07 Å². The van der Waals surface area contributed by atoms with Gasteiger partial charge < -0.3 is 10.1 Å². The van der Waals surface area contributed by atoms with Gasteiger partial charge >= 0.3 is 5.97 Å². The Morgan fingerprint density at radius 1 is 1.43 bits per heavy atom. The largest absolute Gasteiger partial charge is 0.467 e. The van der Waals surface area contributed by atoms with E-state index in [0.717, 1.165) is 19.2 Å². The normalized spacial score (nSPS) is 11.3. The molecular weight excluding hydrogens is 282 g/mol. The van der Waals surface area contributed by atoms with Crippen LogP contribution in [0.3, 0.4) is 0 Å². The highest BCUT2D eigenvalue weighted by Crippen LogP contribution is 2.10. The molecule has 0 aromatic heterocycles. The van der Waals surface area contributed by atoms with Crippen molar-refractivity contribution < 1.29 is 23.1 Å². The highest BCUT2D eigenvalue weighted by Gasteiger charge is 2.21. The first kappa shape index (κ1) is 16.6. The number of amides is 1. The zero-order chi connectivity index (χ0) is 15.8. The third kappa shape index (κ3) is 5.18. The Labute approximate surface area is 120 Å². The summed E-state index contributed by atoms with van der Waals surface area (Å²) in [4.78, 5) is 23.2. The van der Waals surface area contributed by atoms with Crippen LogP contribution in [-0.4, -0.2) is 25.0 Å². The predicted molar refractivity (Wildman–Crippen MR) is 68.9 cm³/mol. The Hall–Kier alpha value is -2.49. The molecule has 0 saturated carbocycles. The maximum Gasteiger partial charge on any atom is 0.328 e. The van der Waals surface area contributed by atoms with Crippen LogP contribution >= 0.6 is 0 Å². The molecule has 1 N–H and O–H groups in total. The number of carbonyl (C=O) groups is 2. The van der Waals surface area contributed by atoms with Crippen molar-refractivity contribution in [1.29, 1.82) is 5.26 Å². The van der Waals surface area contributed by atoms with E-state index in [4.69, 9.17) is 5.26 Å². The number of hydrogen-bond acceptors (Lipinski definition) is 4. The molecule has 0 bridgehead atoms. The topological polar surface area (TPSA) is 79.2 Å². The summed E-state index contributed by atoms with van der Waals surface area (Å²) in [6.07, 6.45) is -0.183. The van der Waals surface area contributed by atoms with Crippen LogP contribution in [0.2, 0.25) is 0 Å². The molecule has 0 aliphatic carbocycles. The van der Waals surface area contributed by atoms with E-state index >= 15 is 0 Å². The van der Waals surface area contributed by atoms with E-state index in [0.29, 0.717) is 6.07 Å². The average molecular weight is 296 g/mol. The minimum absolute atomic E-state index is 0.0119. The number of carbonyl (C=O) groups excluding carboxylic acids is 2. The summed E-state index contributed by atoms with van der Waals surface area (Å²) in [5.41, 5.74) is 0.0119. The summed E-state index contributed by atoms with van der Waals surface area (Å²) < 4.78 is 30.7. The highest BCUT2D eigenvalue weighted by molar-refractivity contribution is 5.85. The number of nitriles is 1. The molecule has 7 heteroatoms. The second kappa shape index (κ2) is 7.94. The van der Waals surface area contributed by atoms with Crippen LogP contribution in [0.25, 0.3) is 0 Å². The second-order valence-corrected chi connectivity index (χ2v) is 4.25. The standard InChI is InChI=1S/C14H14F2N2O3/c1-21-14(20)12(3-2-6-17)18-13(19)7-9-4-5-10(15)8-11(9)16/h4-5,8,12H,2-3,7H2,1H3,(H,18,19)/t12-/m1/s1. The van der Waals surface area contributed by atoms with Crippen LogP contribution in [0.4, 0.5) is 8.78 Å². The molecular formula is C14H14F2N2O3. The Morgan fingerprint density at radius 3 is 2.71 bits per heavy atom. The number of rotatable bonds is 6. The minimum atomic E-state index is -0.967. The number of esters is 1. The number of benzene rings is 1. The highest BCUT2D eigenvalue weighted by atomic mass is 19.1. The Morgan fingerprint density at radius 2 is 2.14 bits per heavy atom. The molecule has 0 radical (unpaired) electrons. The van der Waals surface area contributed by atoms with Gasteiger partial charge in [0, 0.05) is 12.5 Å². The molecule has 112 valence electrons. The van der Waals surface area contributed by atoms with E-state index in [1.807, 2.05) is 6.07 Å². The van der Waals surface area contributed by atoms with Crippen LogP contribution in [0.15, 0.2) is 18.2 Å². The van der Waals surface area contributed by atoms with Gasteiger partial charge in [0.25, 0.3) is 0 Å². The van der Waals surface area contributed by atoms with Crippen LogP contribution < -0.4 is 5.32 Å². The third-order valence-corrected chi connectivity index (χ3v) is 2.73. The summed E-state index contributed by atoms with van der Waals surface area (Å²) >= 11 is 0. The molecule has 1 aromatic carbocycles. The van der Waals surface area contributed by atoms with Gasteiger partial charge in [-0.3, -0.25) is 4.79 Å². The van der Waals surface area contributed by atoms with Crippen LogP contribution in [0.5, 0.6) is 0 Å². The fourth-order valence-electron chi connectivity index (χ4n) is 1.68. The lowest BCUT2D eigenvalue weighted by atomic mass is 10.1. The number of nitrogens with one attached hydrogen (secondary N) is 1. The number of halogens is 2. The number of ether oxygens (including phenoxy) is 1. The summed E-state index contributed by atoms with van der Waals surface area (Å²) in [6.45, 7) is 0. The van der Waals surface area contributed by atoms with E-state index in [9.17, 15) is 18.4 Å². The van der Waals surface area contributed by atoms with Crippen molar-refractivity contribution >= 4 is 11.9 Å². The van der Waals surface area contributed by atoms with Gasteiger partial charge in [0.1, 0.15) is 17.7 Å². The zero-order valence-corrected chi connectivity index (χ0v) is 11.4. The van der Waals surface area contributed by atoms with E-state index in [1.54, 1.807) is 0 Å². The van der Waals surface area contributed by atoms with Crippen molar-refractivity contribution in [2.75, 3.05) is 7.11 Å². The molecule has 0 fully saturated rings. The smallest absolute Gasteiger partial charge is 0.328 e. The molecule has 0 aliphatic heterocycles. The SMILES string of the molecule is COC(=O)[C@@H](CCC#N)NC(=O)Cc1ccc(F)cc1F. The van der Waals surface area contributed by atoms with Gasteiger partial charge in [0.2, 0.25) is 5.91 Å². The lowest BCUT2D eigenvalue weighted by Gasteiger charge is -2.15. The van der Waals surface area contributed by atoms with E-state index < -0.39 is 29.6 Å². The van der Waals surface area contributed by atoms with Crippen molar-refractivity contribution in [2.24, 2.45) is 0 Å². The fourth-order valence-corrected chi connectivity index (χ4v) is 1.68. The van der Waals surface area contributed by atoms with Gasteiger partial charge in [-0.2, -0.15) is 5.26 Å². The summed E-state index contributed by atoms with van der Waals surface area (Å²) in [6, 6.07) is 3.76. The Kier molecular flexibility index (Phi) is 6.27. The monoisotopic (exact) mass is 296 g/mol. The number of nitrogens with zero attached hydrogens (tertiary/aromatic N) is 1. The zero-order valence-electron chi connectivity index (χ0n) is 11.4. The lowest BCUT2D eigenvalue weighted by molar-refractivity contribution is -0.145. The van der Waals surface area contributed by atoms with Crippen molar-refractivity contribution in [1.82, 2.24) is 5.32 Å². The summed E-state index contributed by atoms with van der Waals surface area (Å²) in [5.74, 6) is -2.87. The average Bonchev–Trinajstić information content (AvgIpc) is 2.45. The number of methoxy groups -OCH3 is 1. The fraction of sp³-hybridized carbons (Fsp3) is 0.357. The first-order valence-electron chi connectivity index (χ1n) is 6.16. The Bertz CT molecular complexity index is 570. The molecule has 1 amide bonds. The van der Waals surface area contributed by atoms with Crippen LogP contribution in [0, 0.1) is 23.0 Å². The molecule has 0 spiro atoms. The van der Waals surface area contributed by atoms with E-state index in [-0.39, 0.29) is 24.8 Å². The van der Waals surface area contributed by atoms with Gasteiger partial charge in [-0.25, -0.2) is 13.6 Å². The quantitative estimate of drug-likeness (QED) is 0.806. The molecule has 1 atom stereocenters. The third-order valence-electron chi connectivity index (χ3n) is 2.73. The van der Waals surface area contributed by atoms with Gasteiger partial charge in [-0.05, 0) is 18.1 Å². The summed E-state index contributed by atoms with van der Waals surface area (Å²) in [5, 5.41) is 10.9. The van der Waals surface area contributed by atoms with E-state index in [2.05, 4.69) is 10.1 Å². The first-order chi connectivity index (χ1) is 9.97. The van der Waals surface area contributed by atoms with Gasteiger partial charge in [-0.1, -0.05) is 6.07 Å². The van der Waals surface area contributed by atoms with Crippen LogP contribution in [0.1, 0.15) is 18.4 Å². The van der Waals surface area contributed by atoms with Crippen molar-refractivity contribution in [2.45, 2.75) is 25.3 Å². The first-order valence-corrected chi connectivity index (χ1v) is 6.16. The lowest BCUT2D eigenvalue weighted by Crippen LogP contribution is -2.42. The second-order valence-electron chi connectivity index (χ2n) is 4.25. The van der Waals surface area contributed by atoms with Crippen LogP contribution in [-0.2, 0) is 20.7 Å². The molecule has 1 rings (SSSR count). The molecule has 0 saturated heterocycles. The Balaban J connectivity index is 2.69. The maximum absolute atomic E-state index is 13.4. The molecule has 21 heavy (non-hydrogen) atoms. The van der Waals surface area contributed by atoms with Crippen molar-refractivity contribution in [3.05, 3.63) is 35.4 Å². The number of hydrogen-bond donors (Lipinski definition) is 1. The van der Waals surface area contributed by atoms with E-state index in [1.165, 1.54) is 0 Å². The van der Waals surface area contributed by atoms with Gasteiger partial charge in [0.15, 0.2) is 0 Å². The summed E-state index contributed by atoms with van der Waals surface area (Å²) in [7, 11) is 1.16. The van der Waals surface area contributed by atoms with Crippen molar-refractivity contribution in [3.63, 3.8) is 0 Å². The van der Waals surface area contributed by atoms with Gasteiger partial charge in [0.05, 0.1) is 19.6 Å². The molecule has 0 unspecified atom stereocenters. The molecule has 1 aromatic rings. The predicted octanol–water partition coefficient (Wildman–Crippen LogP) is 1.47. The molecule has 0 heterocycles. The minimum Gasteiger partial charge on any atom is -0.467 e. The van der Waals surface area contributed by atoms with Gasteiger partial charge in [-0.15, -0.1) is 0 Å².